The number of carboxylic acid groups (broad SMARTS) is 1. The number of hydrogen-bond donors (Lipinski definition) is 1. The van der Waals surface area contributed by atoms with Gasteiger partial charge in [0.1, 0.15) is 0 Å². The molecule has 152 valence electrons. The summed E-state index contributed by atoms with van der Waals surface area (Å²) < 4.78 is 33.5. The van der Waals surface area contributed by atoms with Crippen molar-refractivity contribution in [2.45, 2.75) is 37.6 Å². The second-order valence-electron chi connectivity index (χ2n) is 6.62. The van der Waals surface area contributed by atoms with Crippen LogP contribution in [0.25, 0.3) is 0 Å². The number of fused-ring (bicyclic) bond motifs is 1. The average Bonchev–Trinajstić information content (AvgIpc) is 3.35. The van der Waals surface area contributed by atoms with Crippen molar-refractivity contribution in [3.05, 3.63) is 34.8 Å². The molecule has 11 heteroatoms. The maximum atomic E-state index is 12.4. The van der Waals surface area contributed by atoms with Gasteiger partial charge in [0.15, 0.2) is 0 Å². The van der Waals surface area contributed by atoms with Crippen molar-refractivity contribution in [2.75, 3.05) is 11.4 Å². The van der Waals surface area contributed by atoms with Crippen molar-refractivity contribution in [1.29, 1.82) is 0 Å². The summed E-state index contributed by atoms with van der Waals surface area (Å²) in [7, 11) is 1.89. The minimum Gasteiger partial charge on any atom is -0.475 e. The number of hydrogen-bond acceptors (Lipinski definition) is 5. The van der Waals surface area contributed by atoms with Crippen LogP contribution in [0.15, 0.2) is 29.9 Å². The number of thiophene rings is 1. The first-order valence-corrected chi connectivity index (χ1v) is 9.42. The first-order chi connectivity index (χ1) is 13.2. The molecule has 4 rings (SSSR count). The van der Waals surface area contributed by atoms with Crippen molar-refractivity contribution < 1.29 is 27.9 Å². The minimum absolute atomic E-state index is 0.230. The van der Waals surface area contributed by atoms with Gasteiger partial charge in [0.2, 0.25) is 5.91 Å². The van der Waals surface area contributed by atoms with Crippen LogP contribution in [0.1, 0.15) is 17.7 Å². The van der Waals surface area contributed by atoms with Gasteiger partial charge < -0.3 is 10.0 Å². The van der Waals surface area contributed by atoms with E-state index in [4.69, 9.17) is 9.90 Å². The maximum absolute atomic E-state index is 12.4. The number of aryl methyl sites for hydroxylation is 1. The molecule has 1 N–H and O–H groups in total. The Bertz CT molecular complexity index is 837. The highest BCUT2D eigenvalue weighted by molar-refractivity contribution is 7.09. The largest absolute Gasteiger partial charge is 0.490 e. The smallest absolute Gasteiger partial charge is 0.475 e. The second-order valence-corrected chi connectivity index (χ2v) is 7.65. The number of amides is 1. The molecule has 0 saturated carbocycles. The third-order valence-electron chi connectivity index (χ3n) is 4.76. The van der Waals surface area contributed by atoms with Crippen LogP contribution in [0.5, 0.6) is 0 Å². The molecule has 4 heterocycles. The van der Waals surface area contributed by atoms with Crippen molar-refractivity contribution in [2.24, 2.45) is 7.05 Å². The van der Waals surface area contributed by atoms with Gasteiger partial charge in [-0.2, -0.15) is 18.3 Å². The Kier molecular flexibility index (Phi) is 5.75. The van der Waals surface area contributed by atoms with Crippen LogP contribution in [-0.2, 0) is 23.2 Å². The Labute approximate surface area is 163 Å². The van der Waals surface area contributed by atoms with E-state index in [-0.39, 0.29) is 5.91 Å². The lowest BCUT2D eigenvalue weighted by atomic mass is 10.1. The fraction of sp³-hybridized carbons (Fsp3) is 0.471. The molecule has 2 aromatic heterocycles. The molecule has 2 aliphatic heterocycles. The topological polar surface area (TPSA) is 78.7 Å². The van der Waals surface area contributed by atoms with Crippen molar-refractivity contribution in [3.63, 3.8) is 0 Å². The number of nitrogens with zero attached hydrogens (tertiary/aromatic N) is 4. The van der Waals surface area contributed by atoms with Gasteiger partial charge in [-0.25, -0.2) is 4.79 Å². The highest BCUT2D eigenvalue weighted by atomic mass is 32.1. The van der Waals surface area contributed by atoms with Crippen LogP contribution in [0.3, 0.4) is 0 Å². The number of likely N-dealkylation sites (tertiary alicyclic amines) is 1. The Morgan fingerprint density at radius 1 is 1.39 bits per heavy atom. The van der Waals surface area contributed by atoms with E-state index in [0.29, 0.717) is 18.5 Å². The quantitative estimate of drug-likeness (QED) is 0.832. The molecule has 2 saturated heterocycles. The molecular weight excluding hydrogens is 397 g/mol. The van der Waals surface area contributed by atoms with Crippen molar-refractivity contribution in [1.82, 2.24) is 14.7 Å². The molecule has 0 aliphatic carbocycles. The number of alkyl halides is 3. The molecule has 0 unspecified atom stereocenters. The number of anilines is 1. The Balaban J connectivity index is 0.000000279. The lowest BCUT2D eigenvalue weighted by molar-refractivity contribution is -0.192. The van der Waals surface area contributed by atoms with Crippen LogP contribution >= 0.6 is 11.3 Å². The van der Waals surface area contributed by atoms with Gasteiger partial charge >= 0.3 is 12.1 Å². The summed E-state index contributed by atoms with van der Waals surface area (Å²) in [5.41, 5.74) is 0.938. The van der Waals surface area contributed by atoms with Gasteiger partial charge in [0.05, 0.1) is 17.9 Å². The summed E-state index contributed by atoms with van der Waals surface area (Å²) in [6, 6.07) is 4.92. The van der Waals surface area contributed by atoms with E-state index < -0.39 is 12.1 Å². The summed E-state index contributed by atoms with van der Waals surface area (Å²) >= 11 is 1.79. The van der Waals surface area contributed by atoms with Crippen LogP contribution in [0.4, 0.5) is 18.9 Å². The number of halogens is 3. The van der Waals surface area contributed by atoms with E-state index >= 15 is 0 Å². The minimum atomic E-state index is -5.08. The third kappa shape index (κ3) is 4.36. The number of carbonyl (C=O) groups excluding carboxylic acids is 1. The molecule has 1 amide bonds. The SMILES string of the molecule is Cn1cc(N2C(=O)C[C@H]3[C@@H]2CCN3Cc2cccs2)cn1.O=C(O)C(F)(F)F. The van der Waals surface area contributed by atoms with Crippen molar-refractivity contribution >= 4 is 28.9 Å². The lowest BCUT2D eigenvalue weighted by Crippen LogP contribution is -2.36. The van der Waals surface area contributed by atoms with Crippen LogP contribution in [0.2, 0.25) is 0 Å². The Morgan fingerprint density at radius 3 is 2.64 bits per heavy atom. The van der Waals surface area contributed by atoms with Crippen LogP contribution in [0, 0.1) is 0 Å². The normalized spacial score (nSPS) is 22.1. The van der Waals surface area contributed by atoms with Gasteiger partial charge in [-0.3, -0.25) is 14.4 Å². The first kappa shape index (κ1) is 20.3. The number of aliphatic carboxylic acids is 1. The van der Waals surface area contributed by atoms with E-state index in [1.54, 1.807) is 22.2 Å². The summed E-state index contributed by atoms with van der Waals surface area (Å²) in [6.07, 6.45) is 0.325. The first-order valence-electron chi connectivity index (χ1n) is 8.54. The van der Waals surface area contributed by atoms with E-state index in [1.165, 1.54) is 4.88 Å². The molecule has 7 nitrogen and oxygen atoms in total. The monoisotopic (exact) mass is 416 g/mol. The Hall–Kier alpha value is -2.40. The molecule has 0 spiro atoms. The van der Waals surface area contributed by atoms with Crippen molar-refractivity contribution in [3.8, 4) is 0 Å². The molecular formula is C17H19F3N4O3S. The average molecular weight is 416 g/mol. The zero-order valence-corrected chi connectivity index (χ0v) is 15.8. The number of carboxylic acids is 1. The number of aromatic nitrogens is 2. The maximum Gasteiger partial charge on any atom is 0.490 e. The molecule has 0 bridgehead atoms. The highest BCUT2D eigenvalue weighted by Gasteiger charge is 2.47. The van der Waals surface area contributed by atoms with E-state index in [1.807, 2.05) is 18.1 Å². The van der Waals surface area contributed by atoms with E-state index in [2.05, 4.69) is 27.5 Å². The summed E-state index contributed by atoms with van der Waals surface area (Å²) in [4.78, 5) is 27.1. The molecule has 0 radical (unpaired) electrons. The highest BCUT2D eigenvalue weighted by Crippen LogP contribution is 2.36. The van der Waals surface area contributed by atoms with Crippen LogP contribution < -0.4 is 4.90 Å². The molecule has 2 aromatic rings. The Morgan fingerprint density at radius 2 is 2.11 bits per heavy atom. The van der Waals surface area contributed by atoms with Gasteiger partial charge in [-0.15, -0.1) is 11.3 Å². The fourth-order valence-electron chi connectivity index (χ4n) is 3.60. The fourth-order valence-corrected chi connectivity index (χ4v) is 4.32. The summed E-state index contributed by atoms with van der Waals surface area (Å²) in [5.74, 6) is -2.53. The zero-order chi connectivity index (χ0) is 20.5. The summed E-state index contributed by atoms with van der Waals surface area (Å²) in [6.45, 7) is 2.03. The van der Waals surface area contributed by atoms with Gasteiger partial charge in [-0.05, 0) is 17.9 Å². The second kappa shape index (κ2) is 7.92. The zero-order valence-electron chi connectivity index (χ0n) is 15.0. The molecule has 2 fully saturated rings. The van der Waals surface area contributed by atoms with Crippen LogP contribution in [-0.4, -0.2) is 56.5 Å². The molecule has 2 atom stereocenters. The third-order valence-corrected chi connectivity index (χ3v) is 5.62. The van der Waals surface area contributed by atoms with Gasteiger partial charge in [0, 0.05) is 43.7 Å². The number of rotatable bonds is 3. The van der Waals surface area contributed by atoms with E-state index in [0.717, 1.165) is 25.2 Å². The summed E-state index contributed by atoms with van der Waals surface area (Å²) in [5, 5.41) is 13.4. The lowest BCUT2D eigenvalue weighted by Gasteiger charge is -2.24. The predicted molar refractivity (Wildman–Crippen MR) is 95.9 cm³/mol. The number of carbonyl (C=O) groups is 2. The molecule has 2 aliphatic rings. The van der Waals surface area contributed by atoms with E-state index in [9.17, 15) is 18.0 Å². The van der Waals surface area contributed by atoms with Gasteiger partial charge in [-0.1, -0.05) is 6.07 Å². The molecule has 0 aromatic carbocycles. The van der Waals surface area contributed by atoms with Gasteiger partial charge in [0.25, 0.3) is 0 Å². The molecule has 28 heavy (non-hydrogen) atoms. The standard InChI is InChI=1S/C15H18N4OS.C2HF3O2/c1-17-9-11(8-16-17)19-13-4-5-18(14(13)7-15(19)20)10-12-3-2-6-21-12;3-2(4,5)1(6)7/h2-3,6,8-9,13-14H,4-5,7,10H2,1H3;(H,6,7)/t13-,14-;/m0./s1. The predicted octanol–water partition coefficient (Wildman–Crippen LogP) is 2.49.